The van der Waals surface area contributed by atoms with E-state index in [1.165, 1.54) is 17.2 Å². The number of rotatable bonds is 52. The second-order valence-corrected chi connectivity index (χ2v) is 39.2. The van der Waals surface area contributed by atoms with E-state index in [9.17, 15) is 73.3 Å². The van der Waals surface area contributed by atoms with Crippen LogP contribution in [0.15, 0.2) is 245 Å². The summed E-state index contributed by atoms with van der Waals surface area (Å²) in [7, 11) is -3.36. The number of carbonyl (C=O) groups is 4. The molecule has 4 N–H and O–H groups in total. The lowest BCUT2D eigenvalue weighted by molar-refractivity contribution is -0.138. The maximum absolute atomic E-state index is 13.7. The molecule has 0 amide bonds. The first-order valence-electron chi connectivity index (χ1n) is 41.1. The highest BCUT2D eigenvalue weighted by atomic mass is 32.2. The maximum Gasteiger partial charge on any atom is 0.304 e. The Balaban J connectivity index is 0.000000302. The lowest BCUT2D eigenvalue weighted by Crippen LogP contribution is -2.42. The quantitative estimate of drug-likeness (QED) is 0.0257. The van der Waals surface area contributed by atoms with E-state index in [2.05, 4.69) is 26.3 Å². The van der Waals surface area contributed by atoms with Crippen LogP contribution < -0.4 is 37.9 Å². The number of hydrogen-bond donors (Lipinski definition) is 4. The van der Waals surface area contributed by atoms with Crippen molar-refractivity contribution in [2.75, 3.05) is 56.9 Å². The molecule has 0 radical (unpaired) electrons. The van der Waals surface area contributed by atoms with Gasteiger partial charge in [0.15, 0.2) is 0 Å². The number of methoxy groups -OCH3 is 8. The number of sulfonamides is 4. The molecular formula is C96H124N4O24S4. The van der Waals surface area contributed by atoms with Gasteiger partial charge in [-0.1, -0.05) is 149 Å². The fourth-order valence-electron chi connectivity index (χ4n) is 13.9. The van der Waals surface area contributed by atoms with Gasteiger partial charge in [0.25, 0.3) is 0 Å². The van der Waals surface area contributed by atoms with Crippen LogP contribution in [0.2, 0.25) is 0 Å². The topological polar surface area (TPSA) is 373 Å². The third-order valence-electron chi connectivity index (χ3n) is 21.3. The molecule has 0 fully saturated rings. The van der Waals surface area contributed by atoms with Crippen LogP contribution in [0.4, 0.5) is 0 Å². The predicted octanol–water partition coefficient (Wildman–Crippen LogP) is 16.4. The van der Waals surface area contributed by atoms with Crippen molar-refractivity contribution in [1.82, 2.24) is 17.2 Å². The molecule has 0 aliphatic carbocycles. The molecule has 4 unspecified atom stereocenters. The van der Waals surface area contributed by atoms with E-state index in [-0.39, 0.29) is 52.4 Å². The van der Waals surface area contributed by atoms with Gasteiger partial charge in [-0.25, -0.2) is 33.7 Å². The molecule has 8 aromatic carbocycles. The van der Waals surface area contributed by atoms with Crippen LogP contribution in [0.5, 0.6) is 46.0 Å². The minimum absolute atomic E-state index is 0.106. The van der Waals surface area contributed by atoms with Crippen molar-refractivity contribution in [3.63, 3.8) is 0 Å². The summed E-state index contributed by atoms with van der Waals surface area (Å²) >= 11 is 0. The van der Waals surface area contributed by atoms with Gasteiger partial charge in [0.05, 0.1) is 104 Å². The molecule has 32 heteroatoms. The molecule has 0 saturated carbocycles. The van der Waals surface area contributed by atoms with E-state index in [0.29, 0.717) is 71.7 Å². The third kappa shape index (κ3) is 34.0. The normalized spacial score (nSPS) is 13.4. The van der Waals surface area contributed by atoms with Crippen molar-refractivity contribution in [1.29, 1.82) is 0 Å². The zero-order valence-corrected chi connectivity index (χ0v) is 78.2. The standard InChI is InChI=1S/4C24H31NO6S/c4*1-5-6-18(2)23(15-24(26)27)32(28,29)25(16-19-7-11-21(30-3)12-8-19)17-20-9-13-22(31-4)14-10-20/h4*5,7-14,18,23H,1,6,15-17H2,2-4H3,(H,26,27)/t4*18-,23?/m1100/s1. The van der Waals surface area contributed by atoms with E-state index >= 15 is 0 Å². The average molecular weight is 1850 g/mol. The van der Waals surface area contributed by atoms with Crippen molar-refractivity contribution < 1.29 is 111 Å². The van der Waals surface area contributed by atoms with Crippen LogP contribution in [0, 0.1) is 23.7 Å². The van der Waals surface area contributed by atoms with Crippen LogP contribution in [0.3, 0.4) is 0 Å². The van der Waals surface area contributed by atoms with Crippen molar-refractivity contribution in [2.24, 2.45) is 23.7 Å². The summed E-state index contributed by atoms with van der Waals surface area (Å²) in [5.41, 5.74) is 6.17. The summed E-state index contributed by atoms with van der Waals surface area (Å²) in [4.78, 5) is 46.0. The van der Waals surface area contributed by atoms with Crippen LogP contribution in [0.1, 0.15) is 124 Å². The number of hydrogen-bond acceptors (Lipinski definition) is 20. The summed E-state index contributed by atoms with van der Waals surface area (Å²) in [5, 5.41) is 33.3. The number of benzene rings is 8. The number of ether oxygens (including phenoxy) is 8. The van der Waals surface area contributed by atoms with Crippen LogP contribution in [0.25, 0.3) is 0 Å². The monoisotopic (exact) mass is 1840 g/mol. The molecule has 0 saturated heterocycles. The third-order valence-corrected chi connectivity index (χ3v) is 30.8. The second-order valence-electron chi connectivity index (χ2n) is 30.6. The summed E-state index contributed by atoms with van der Waals surface area (Å²) in [6.45, 7) is 22.5. The number of carboxylic acid groups (broad SMARTS) is 4. The number of allylic oxidation sites excluding steroid dienone is 4. The lowest BCUT2D eigenvalue weighted by atomic mass is 10.0. The van der Waals surface area contributed by atoms with Crippen LogP contribution in [-0.2, 0) is 112 Å². The highest BCUT2D eigenvalue weighted by molar-refractivity contribution is 7.90. The predicted molar refractivity (Wildman–Crippen MR) is 497 cm³/mol. The Morgan fingerprint density at radius 1 is 0.250 bits per heavy atom. The van der Waals surface area contributed by atoms with Gasteiger partial charge >= 0.3 is 23.9 Å². The van der Waals surface area contributed by atoms with Gasteiger partial charge in [-0.3, -0.25) is 19.2 Å². The smallest absolute Gasteiger partial charge is 0.304 e. The van der Waals surface area contributed by atoms with Gasteiger partial charge in [0.1, 0.15) is 46.0 Å². The first kappa shape index (κ1) is 107. The zero-order valence-electron chi connectivity index (χ0n) is 74.9. The molecule has 0 aromatic heterocycles. The van der Waals surface area contributed by atoms with E-state index in [0.717, 1.165) is 44.5 Å². The SMILES string of the molecule is C=CC[C@@H](C)C(CC(=O)O)S(=O)(=O)N(Cc1ccc(OC)cc1)Cc1ccc(OC)cc1.C=CC[C@@H](C)C(CC(=O)O)S(=O)(=O)N(Cc1ccc(OC)cc1)Cc1ccc(OC)cc1.C=CC[C@H](C)C(CC(=O)O)S(=O)(=O)N(Cc1ccc(OC)cc1)Cc1ccc(OC)cc1.C=CC[C@H](C)C(CC(=O)O)S(=O)(=O)N(Cc1ccc(OC)cc1)Cc1ccc(OC)cc1. The number of carboxylic acids is 4. The van der Waals surface area contributed by atoms with E-state index in [1.54, 1.807) is 303 Å². The minimum atomic E-state index is -3.97. The molecule has 0 spiro atoms. The Morgan fingerprint density at radius 2 is 0.359 bits per heavy atom. The molecule has 8 atom stereocenters. The van der Waals surface area contributed by atoms with Gasteiger partial charge in [-0.2, -0.15) is 17.2 Å². The summed E-state index contributed by atoms with van der Waals surface area (Å²) in [5.74, 6) is -0.854. The molecule has 128 heavy (non-hydrogen) atoms. The molecule has 8 rings (SSSR count). The largest absolute Gasteiger partial charge is 0.497 e. The molecule has 0 bridgehead atoms. The van der Waals surface area contributed by atoms with Crippen molar-refractivity contribution in [3.8, 4) is 46.0 Å². The zero-order chi connectivity index (χ0) is 94.9. The first-order chi connectivity index (χ1) is 60.8. The molecule has 0 aliphatic heterocycles. The summed E-state index contributed by atoms with van der Waals surface area (Å²) in [6, 6.07) is 57.1. The Bertz CT molecular complexity index is 4410. The second kappa shape index (κ2) is 53.4. The fourth-order valence-corrected chi connectivity index (χ4v) is 22.3. The Kier molecular flexibility index (Phi) is 44.7. The summed E-state index contributed by atoms with van der Waals surface area (Å²) < 4.78 is 157. The van der Waals surface area contributed by atoms with Gasteiger partial charge in [0.2, 0.25) is 40.1 Å². The maximum atomic E-state index is 13.7. The molecule has 28 nitrogen and oxygen atoms in total. The molecule has 696 valence electrons. The highest BCUT2D eigenvalue weighted by Crippen LogP contribution is 2.34. The minimum Gasteiger partial charge on any atom is -0.497 e. The van der Waals surface area contributed by atoms with Crippen molar-refractivity contribution in [3.05, 3.63) is 289 Å². The fraction of sp³-hybridized carbons (Fsp3) is 0.375. The van der Waals surface area contributed by atoms with Crippen LogP contribution >= 0.6 is 0 Å². The first-order valence-corrected chi connectivity index (χ1v) is 47.1. The Morgan fingerprint density at radius 3 is 0.445 bits per heavy atom. The van der Waals surface area contributed by atoms with Crippen molar-refractivity contribution >= 4 is 64.0 Å². The van der Waals surface area contributed by atoms with E-state index in [1.807, 2.05) is 0 Å². The summed E-state index contributed by atoms with van der Waals surface area (Å²) in [6.07, 6.45) is 6.17. The number of nitrogens with zero attached hydrogens (tertiary/aromatic N) is 4. The Labute approximate surface area is 755 Å². The Hall–Kier alpha value is -11.4. The van der Waals surface area contributed by atoms with Crippen LogP contribution in [-0.4, -0.2) is 173 Å². The van der Waals surface area contributed by atoms with Gasteiger partial charge in [0, 0.05) is 52.4 Å². The van der Waals surface area contributed by atoms with Gasteiger partial charge < -0.3 is 58.3 Å². The van der Waals surface area contributed by atoms with Gasteiger partial charge in [-0.05, 0) is 191 Å². The molecule has 0 aliphatic rings. The lowest BCUT2D eigenvalue weighted by Gasteiger charge is -2.30. The van der Waals surface area contributed by atoms with E-state index < -0.39 is 134 Å². The highest BCUT2D eigenvalue weighted by Gasteiger charge is 2.42. The van der Waals surface area contributed by atoms with Gasteiger partial charge in [-0.15, -0.1) is 26.3 Å². The molecule has 8 aromatic rings. The number of aliphatic carboxylic acids is 4. The molecular weight excluding hydrogens is 1720 g/mol. The average Bonchev–Trinajstić information content (AvgIpc) is 0.809. The van der Waals surface area contributed by atoms with E-state index in [4.69, 9.17) is 37.9 Å². The van der Waals surface area contributed by atoms with Crippen molar-refractivity contribution in [2.45, 2.75) is 152 Å². The molecule has 0 heterocycles.